The molecule has 0 saturated carbocycles. The summed E-state index contributed by atoms with van der Waals surface area (Å²) in [5, 5.41) is 3.85. The first-order valence-electron chi connectivity index (χ1n) is 9.60. The van der Waals surface area contributed by atoms with Crippen LogP contribution in [0.4, 0.5) is 18.0 Å². The van der Waals surface area contributed by atoms with Crippen LogP contribution in [0, 0.1) is 0 Å². The Hall–Kier alpha value is -2.36. The highest BCUT2D eigenvalue weighted by Gasteiger charge is 2.36. The van der Waals surface area contributed by atoms with Crippen LogP contribution in [0.3, 0.4) is 0 Å². The number of carbonyl (C=O) groups excluding carboxylic acids is 2. The van der Waals surface area contributed by atoms with Gasteiger partial charge in [0.2, 0.25) is 0 Å². The fourth-order valence-electron chi connectivity index (χ4n) is 3.43. The van der Waals surface area contributed by atoms with E-state index in [0.29, 0.717) is 31.6 Å². The molecule has 0 unspecified atom stereocenters. The lowest BCUT2D eigenvalue weighted by molar-refractivity contribution is -0.136. The molecule has 1 fully saturated rings. The molecule has 1 aliphatic heterocycles. The molecule has 0 spiro atoms. The Bertz CT molecular complexity index is 958. The Balaban J connectivity index is 1.89. The van der Waals surface area contributed by atoms with Gasteiger partial charge in [0, 0.05) is 37.1 Å². The Labute approximate surface area is 176 Å². The second-order valence-electron chi connectivity index (χ2n) is 8.24. The third-order valence-corrected chi connectivity index (χ3v) is 5.89. The number of halogens is 3. The number of piperidine rings is 1. The van der Waals surface area contributed by atoms with Gasteiger partial charge < -0.3 is 15.0 Å². The molecule has 3 rings (SSSR count). The van der Waals surface area contributed by atoms with E-state index in [1.54, 1.807) is 25.7 Å². The van der Waals surface area contributed by atoms with Gasteiger partial charge in [0.25, 0.3) is 5.91 Å². The van der Waals surface area contributed by atoms with Crippen LogP contribution in [-0.2, 0) is 10.9 Å². The van der Waals surface area contributed by atoms with E-state index < -0.39 is 29.3 Å². The molecule has 30 heavy (non-hydrogen) atoms. The van der Waals surface area contributed by atoms with Crippen LogP contribution in [0.25, 0.3) is 10.2 Å². The summed E-state index contributed by atoms with van der Waals surface area (Å²) in [6.45, 7) is 6.07. The zero-order chi connectivity index (χ0) is 22.3. The van der Waals surface area contributed by atoms with Crippen molar-refractivity contribution in [3.8, 4) is 0 Å². The van der Waals surface area contributed by atoms with Crippen LogP contribution in [0.1, 0.15) is 61.1 Å². The summed E-state index contributed by atoms with van der Waals surface area (Å²) in [4.78, 5) is 30.3. The molecule has 1 saturated heterocycles. The van der Waals surface area contributed by atoms with E-state index in [1.807, 2.05) is 0 Å². The normalized spacial score (nSPS) is 16.0. The molecule has 0 aliphatic carbocycles. The number of pyridine rings is 1. The third kappa shape index (κ3) is 4.69. The van der Waals surface area contributed by atoms with Gasteiger partial charge in [-0.2, -0.15) is 13.2 Å². The minimum absolute atomic E-state index is 0.0453. The van der Waals surface area contributed by atoms with Crippen LogP contribution in [0.2, 0.25) is 0 Å². The van der Waals surface area contributed by atoms with Crippen molar-refractivity contribution in [3.63, 3.8) is 0 Å². The number of rotatable bonds is 2. The number of hydrogen-bond donors (Lipinski definition) is 1. The van der Waals surface area contributed by atoms with Crippen LogP contribution in [0.15, 0.2) is 11.4 Å². The maximum Gasteiger partial charge on any atom is 0.417 e. The van der Waals surface area contributed by atoms with Crippen molar-refractivity contribution in [2.45, 2.75) is 51.3 Å². The Morgan fingerprint density at radius 1 is 1.23 bits per heavy atom. The van der Waals surface area contributed by atoms with Crippen LogP contribution in [-0.4, -0.2) is 47.6 Å². The van der Waals surface area contributed by atoms with Gasteiger partial charge in [0.05, 0.1) is 21.3 Å². The van der Waals surface area contributed by atoms with E-state index in [-0.39, 0.29) is 21.7 Å². The van der Waals surface area contributed by atoms with Gasteiger partial charge in [-0.25, -0.2) is 4.79 Å². The molecule has 1 N–H and O–H groups in total. The predicted octanol–water partition coefficient (Wildman–Crippen LogP) is 4.79. The summed E-state index contributed by atoms with van der Waals surface area (Å²) in [5.41, 5.74) is -0.897. The number of nitrogens with one attached hydrogen (secondary N) is 1. The standard InChI is InChI=1S/C20H24F3N3O3S/c1-19(2,3)29-18(28)26-7-5-11(6-8-26)14-9-13(20(21,22)23)16-15(25-14)12(10-30-16)17(27)24-4/h9-11H,5-8H2,1-4H3,(H,24,27). The smallest absolute Gasteiger partial charge is 0.417 e. The number of thiophene rings is 1. The second-order valence-corrected chi connectivity index (χ2v) is 9.12. The van der Waals surface area contributed by atoms with Gasteiger partial charge in [0.1, 0.15) is 5.60 Å². The molecule has 0 atom stereocenters. The Morgan fingerprint density at radius 3 is 2.40 bits per heavy atom. The molecule has 0 aromatic carbocycles. The van der Waals surface area contributed by atoms with Crippen LogP contribution < -0.4 is 5.32 Å². The second kappa shape index (κ2) is 8.05. The monoisotopic (exact) mass is 443 g/mol. The van der Waals surface area contributed by atoms with Crippen molar-refractivity contribution in [2.75, 3.05) is 20.1 Å². The lowest BCUT2D eigenvalue weighted by Crippen LogP contribution is -2.41. The SMILES string of the molecule is CNC(=O)c1csc2c(C(F)(F)F)cc(C3CCN(C(=O)OC(C)(C)C)CC3)nc12. The molecule has 2 amide bonds. The first kappa shape index (κ1) is 22.3. The van der Waals surface area contributed by atoms with Crippen molar-refractivity contribution in [1.82, 2.24) is 15.2 Å². The van der Waals surface area contributed by atoms with Crippen LogP contribution in [0.5, 0.6) is 0 Å². The number of amides is 2. The molecule has 10 heteroatoms. The zero-order valence-corrected chi connectivity index (χ0v) is 18.0. The van der Waals surface area contributed by atoms with Gasteiger partial charge in [-0.1, -0.05) is 0 Å². The summed E-state index contributed by atoms with van der Waals surface area (Å²) in [5.74, 6) is -0.717. The summed E-state index contributed by atoms with van der Waals surface area (Å²) in [7, 11) is 1.42. The summed E-state index contributed by atoms with van der Waals surface area (Å²) < 4.78 is 46.4. The number of aromatic nitrogens is 1. The van der Waals surface area contributed by atoms with E-state index in [4.69, 9.17) is 4.74 Å². The lowest BCUT2D eigenvalue weighted by Gasteiger charge is -2.33. The van der Waals surface area contributed by atoms with Crippen molar-refractivity contribution in [3.05, 3.63) is 28.3 Å². The molecule has 164 valence electrons. The highest BCUT2D eigenvalue weighted by Crippen LogP contribution is 2.41. The first-order chi connectivity index (χ1) is 13.9. The summed E-state index contributed by atoms with van der Waals surface area (Å²) >= 11 is 0.863. The number of alkyl halides is 3. The molecule has 6 nitrogen and oxygen atoms in total. The van der Waals surface area contributed by atoms with E-state index in [1.165, 1.54) is 12.4 Å². The average molecular weight is 443 g/mol. The molecule has 2 aromatic rings. The summed E-state index contributed by atoms with van der Waals surface area (Å²) in [6, 6.07) is 1.08. The van der Waals surface area contributed by atoms with E-state index in [0.717, 1.165) is 17.4 Å². The molecule has 0 radical (unpaired) electrons. The van der Waals surface area contributed by atoms with Crippen LogP contribution >= 0.6 is 11.3 Å². The van der Waals surface area contributed by atoms with Gasteiger partial charge in [-0.3, -0.25) is 9.78 Å². The lowest BCUT2D eigenvalue weighted by atomic mass is 9.92. The van der Waals surface area contributed by atoms with Crippen molar-refractivity contribution in [1.29, 1.82) is 0 Å². The Morgan fingerprint density at radius 2 is 1.87 bits per heavy atom. The Kier molecular flexibility index (Phi) is 5.99. The number of hydrogen-bond acceptors (Lipinski definition) is 5. The van der Waals surface area contributed by atoms with Crippen molar-refractivity contribution >= 4 is 33.6 Å². The number of nitrogens with zero attached hydrogens (tertiary/aromatic N) is 2. The highest BCUT2D eigenvalue weighted by atomic mass is 32.1. The average Bonchev–Trinajstić information content (AvgIpc) is 3.08. The number of likely N-dealkylation sites (tertiary alicyclic amines) is 1. The minimum atomic E-state index is -4.56. The molecule has 1 aliphatic rings. The van der Waals surface area contributed by atoms with E-state index in [9.17, 15) is 22.8 Å². The van der Waals surface area contributed by atoms with Gasteiger partial charge in [0.15, 0.2) is 0 Å². The predicted molar refractivity (Wildman–Crippen MR) is 108 cm³/mol. The van der Waals surface area contributed by atoms with Gasteiger partial charge in [-0.05, 0) is 39.7 Å². The van der Waals surface area contributed by atoms with Crippen molar-refractivity contribution < 1.29 is 27.5 Å². The topological polar surface area (TPSA) is 71.5 Å². The molecule has 0 bridgehead atoms. The molecule has 3 heterocycles. The van der Waals surface area contributed by atoms with E-state index >= 15 is 0 Å². The number of fused-ring (bicyclic) bond motifs is 1. The highest BCUT2D eigenvalue weighted by molar-refractivity contribution is 7.17. The minimum Gasteiger partial charge on any atom is -0.444 e. The third-order valence-electron chi connectivity index (χ3n) is 4.88. The molecular formula is C20H24F3N3O3S. The fourth-order valence-corrected chi connectivity index (χ4v) is 4.45. The molecular weight excluding hydrogens is 419 g/mol. The number of ether oxygens (including phenoxy) is 1. The van der Waals surface area contributed by atoms with Gasteiger partial charge in [-0.15, -0.1) is 11.3 Å². The van der Waals surface area contributed by atoms with Crippen molar-refractivity contribution in [2.24, 2.45) is 0 Å². The fraction of sp³-hybridized carbons (Fsp3) is 0.550. The quantitative estimate of drug-likeness (QED) is 0.725. The van der Waals surface area contributed by atoms with Gasteiger partial charge >= 0.3 is 12.3 Å². The molecule has 2 aromatic heterocycles. The zero-order valence-electron chi connectivity index (χ0n) is 17.2. The largest absolute Gasteiger partial charge is 0.444 e. The maximum absolute atomic E-state index is 13.7. The number of carbonyl (C=O) groups is 2. The maximum atomic E-state index is 13.7. The first-order valence-corrected chi connectivity index (χ1v) is 10.5. The van der Waals surface area contributed by atoms with E-state index in [2.05, 4.69) is 10.3 Å². The summed E-state index contributed by atoms with van der Waals surface area (Å²) in [6.07, 6.45) is -4.05.